The van der Waals surface area contributed by atoms with Crippen LogP contribution in [0, 0.1) is 6.92 Å². The van der Waals surface area contributed by atoms with Gasteiger partial charge in [-0.15, -0.1) is 0 Å². The molecular weight excluding hydrogens is 484 g/mol. The van der Waals surface area contributed by atoms with E-state index in [0.29, 0.717) is 49.6 Å². The standard InChI is InChI=1S/C28H28N6O4/c1-19-25(32-38-31-19)15-27(35)34-9-8-33(2)28(36)22-5-3-4-20(12-22)13-23-14-21(24-16-29-18-30-17-24)6-7-26(23)37-11-10-34/h3-7,12,14,16-18H,8-11,13,15H2,1-2H3. The molecule has 0 aliphatic carbocycles. The molecule has 0 unspecified atom stereocenters. The SMILES string of the molecule is Cc1nonc1CC(=O)N1CCOc2ccc(-c3cncnc3)cc2Cc2cccc(c2)C(=O)N(C)CC1. The molecule has 0 radical (unpaired) electrons. The zero-order chi connectivity index (χ0) is 26.5. The third kappa shape index (κ3) is 5.69. The number of hydrogen-bond acceptors (Lipinski definition) is 8. The minimum atomic E-state index is -0.137. The van der Waals surface area contributed by atoms with Crippen LogP contribution in [0.2, 0.25) is 0 Å². The van der Waals surface area contributed by atoms with E-state index in [0.717, 1.165) is 28.0 Å². The molecule has 2 bridgehead atoms. The van der Waals surface area contributed by atoms with E-state index in [2.05, 4.69) is 26.3 Å². The van der Waals surface area contributed by atoms with Gasteiger partial charge in [-0.05, 0) is 47.9 Å². The Morgan fingerprint density at radius 3 is 2.61 bits per heavy atom. The van der Waals surface area contributed by atoms with Gasteiger partial charge >= 0.3 is 0 Å². The molecule has 0 fully saturated rings. The summed E-state index contributed by atoms with van der Waals surface area (Å²) in [6, 6.07) is 13.6. The van der Waals surface area contributed by atoms with Crippen molar-refractivity contribution < 1.29 is 19.0 Å². The third-order valence-electron chi connectivity index (χ3n) is 6.61. The van der Waals surface area contributed by atoms with Crippen molar-refractivity contribution in [3.05, 3.63) is 89.3 Å². The van der Waals surface area contributed by atoms with Crippen LogP contribution in [0.4, 0.5) is 0 Å². The Hall–Kier alpha value is -4.60. The lowest BCUT2D eigenvalue weighted by Crippen LogP contribution is -2.42. The van der Waals surface area contributed by atoms with E-state index in [1.807, 2.05) is 36.4 Å². The first-order valence-corrected chi connectivity index (χ1v) is 12.4. The second kappa shape index (κ2) is 11.2. The highest BCUT2D eigenvalue weighted by Crippen LogP contribution is 2.28. The van der Waals surface area contributed by atoms with E-state index in [9.17, 15) is 9.59 Å². The van der Waals surface area contributed by atoms with Crippen LogP contribution in [0.3, 0.4) is 0 Å². The van der Waals surface area contributed by atoms with E-state index in [-0.39, 0.29) is 18.2 Å². The van der Waals surface area contributed by atoms with Crippen molar-refractivity contribution in [2.45, 2.75) is 19.8 Å². The topological polar surface area (TPSA) is 115 Å². The summed E-state index contributed by atoms with van der Waals surface area (Å²) in [7, 11) is 1.75. The number of carbonyl (C=O) groups excluding carboxylic acids is 2. The van der Waals surface area contributed by atoms with Gasteiger partial charge in [-0.3, -0.25) is 9.59 Å². The zero-order valence-corrected chi connectivity index (χ0v) is 21.3. The number of benzene rings is 2. The Balaban J connectivity index is 1.46. The van der Waals surface area contributed by atoms with E-state index >= 15 is 0 Å². The van der Waals surface area contributed by atoms with Crippen molar-refractivity contribution in [3.8, 4) is 16.9 Å². The lowest BCUT2D eigenvalue weighted by atomic mass is 9.98. The van der Waals surface area contributed by atoms with Gasteiger partial charge in [-0.1, -0.05) is 28.5 Å². The Bertz CT molecular complexity index is 1440. The number of carbonyl (C=O) groups is 2. The number of ether oxygens (including phenoxy) is 1. The molecule has 194 valence electrons. The minimum absolute atomic E-state index is 0.0636. The predicted octanol–water partition coefficient (Wildman–Crippen LogP) is 2.96. The molecule has 3 heterocycles. The molecule has 2 aromatic heterocycles. The summed E-state index contributed by atoms with van der Waals surface area (Å²) >= 11 is 0. The number of aryl methyl sites for hydroxylation is 1. The van der Waals surface area contributed by atoms with Crippen molar-refractivity contribution >= 4 is 11.8 Å². The molecular formula is C28H28N6O4. The summed E-state index contributed by atoms with van der Waals surface area (Å²) in [4.78, 5) is 38.0. The molecule has 4 aromatic rings. The largest absolute Gasteiger partial charge is 0.491 e. The quantitative estimate of drug-likeness (QED) is 0.412. The highest BCUT2D eigenvalue weighted by atomic mass is 16.6. The van der Waals surface area contributed by atoms with Crippen LogP contribution < -0.4 is 4.74 Å². The first kappa shape index (κ1) is 25.1. The Labute approximate surface area is 220 Å². The van der Waals surface area contributed by atoms with Crippen LogP contribution in [-0.2, 0) is 17.6 Å². The van der Waals surface area contributed by atoms with Crippen LogP contribution in [0.25, 0.3) is 11.1 Å². The van der Waals surface area contributed by atoms with Crippen LogP contribution >= 0.6 is 0 Å². The van der Waals surface area contributed by atoms with Gasteiger partial charge in [0.2, 0.25) is 5.91 Å². The van der Waals surface area contributed by atoms with E-state index in [4.69, 9.17) is 9.37 Å². The number of amides is 2. The van der Waals surface area contributed by atoms with Gasteiger partial charge in [-0.25, -0.2) is 14.6 Å². The molecule has 0 saturated heterocycles. The Morgan fingerprint density at radius 2 is 1.82 bits per heavy atom. The van der Waals surface area contributed by atoms with Crippen molar-refractivity contribution in [2.24, 2.45) is 0 Å². The number of aromatic nitrogens is 4. The van der Waals surface area contributed by atoms with Crippen LogP contribution in [-0.4, -0.2) is 75.2 Å². The van der Waals surface area contributed by atoms with Gasteiger partial charge in [-0.2, -0.15) is 0 Å². The fraction of sp³-hybridized carbons (Fsp3) is 0.286. The van der Waals surface area contributed by atoms with Gasteiger partial charge in [0.05, 0.1) is 13.0 Å². The smallest absolute Gasteiger partial charge is 0.253 e. The second-order valence-corrected chi connectivity index (χ2v) is 9.26. The van der Waals surface area contributed by atoms with Gasteiger partial charge in [0.15, 0.2) is 0 Å². The fourth-order valence-electron chi connectivity index (χ4n) is 4.40. The molecule has 10 heteroatoms. The van der Waals surface area contributed by atoms with Crippen molar-refractivity contribution in [1.29, 1.82) is 0 Å². The number of hydrogen-bond donors (Lipinski definition) is 0. The number of likely N-dealkylation sites (N-methyl/N-ethyl adjacent to an activating group) is 1. The lowest BCUT2D eigenvalue weighted by Gasteiger charge is -2.26. The normalized spacial score (nSPS) is 14.4. The maximum atomic E-state index is 13.2. The molecule has 0 atom stereocenters. The minimum Gasteiger partial charge on any atom is -0.491 e. The summed E-state index contributed by atoms with van der Waals surface area (Å²) in [5.41, 5.74) is 5.50. The van der Waals surface area contributed by atoms with E-state index < -0.39 is 0 Å². The molecule has 1 aliphatic rings. The van der Waals surface area contributed by atoms with Crippen molar-refractivity contribution in [1.82, 2.24) is 30.1 Å². The molecule has 38 heavy (non-hydrogen) atoms. The van der Waals surface area contributed by atoms with Crippen LogP contribution in [0.1, 0.15) is 32.9 Å². The summed E-state index contributed by atoms with van der Waals surface area (Å²) in [6.45, 7) is 3.13. The van der Waals surface area contributed by atoms with Gasteiger partial charge < -0.3 is 14.5 Å². The van der Waals surface area contributed by atoms with Crippen LogP contribution in [0.15, 0.2) is 65.8 Å². The molecule has 10 nitrogen and oxygen atoms in total. The third-order valence-corrected chi connectivity index (χ3v) is 6.61. The molecule has 5 rings (SSSR count). The molecule has 0 spiro atoms. The van der Waals surface area contributed by atoms with Crippen LogP contribution in [0.5, 0.6) is 5.75 Å². The maximum Gasteiger partial charge on any atom is 0.253 e. The van der Waals surface area contributed by atoms with Gasteiger partial charge in [0, 0.05) is 50.1 Å². The highest BCUT2D eigenvalue weighted by Gasteiger charge is 2.21. The highest BCUT2D eigenvalue weighted by molar-refractivity contribution is 5.94. The summed E-state index contributed by atoms with van der Waals surface area (Å²) in [5.74, 6) is 0.488. The summed E-state index contributed by atoms with van der Waals surface area (Å²) in [5, 5.41) is 7.61. The fourth-order valence-corrected chi connectivity index (χ4v) is 4.40. The Morgan fingerprint density at radius 1 is 0.974 bits per heavy atom. The lowest BCUT2D eigenvalue weighted by molar-refractivity contribution is -0.131. The summed E-state index contributed by atoms with van der Waals surface area (Å²) < 4.78 is 11.0. The molecule has 2 aromatic carbocycles. The van der Waals surface area contributed by atoms with Crippen molar-refractivity contribution in [3.63, 3.8) is 0 Å². The van der Waals surface area contributed by atoms with Gasteiger partial charge in [0.25, 0.3) is 5.91 Å². The number of fused-ring (bicyclic) bond motifs is 3. The Kier molecular flexibility index (Phi) is 7.39. The first-order chi connectivity index (χ1) is 18.5. The second-order valence-electron chi connectivity index (χ2n) is 9.26. The van der Waals surface area contributed by atoms with E-state index in [1.54, 1.807) is 36.2 Å². The van der Waals surface area contributed by atoms with Crippen molar-refractivity contribution in [2.75, 3.05) is 33.3 Å². The maximum absolute atomic E-state index is 13.2. The molecule has 1 aliphatic heterocycles. The number of rotatable bonds is 3. The first-order valence-electron chi connectivity index (χ1n) is 12.4. The van der Waals surface area contributed by atoms with E-state index in [1.165, 1.54) is 6.33 Å². The molecule has 0 N–H and O–H groups in total. The monoisotopic (exact) mass is 512 g/mol. The predicted molar refractivity (Wildman–Crippen MR) is 138 cm³/mol. The average Bonchev–Trinajstić information content (AvgIpc) is 3.34. The molecule has 2 amide bonds. The molecule has 0 saturated carbocycles. The zero-order valence-electron chi connectivity index (χ0n) is 21.3. The average molecular weight is 513 g/mol. The van der Waals surface area contributed by atoms with Gasteiger partial charge in [0.1, 0.15) is 30.1 Å². The number of nitrogens with zero attached hydrogens (tertiary/aromatic N) is 6. The summed E-state index contributed by atoms with van der Waals surface area (Å²) in [6.07, 6.45) is 5.67.